The van der Waals surface area contributed by atoms with Crippen LogP contribution in [0.5, 0.6) is 0 Å². The van der Waals surface area contributed by atoms with Gasteiger partial charge in [0, 0.05) is 18.1 Å². The van der Waals surface area contributed by atoms with E-state index >= 15 is 0 Å². The van der Waals surface area contributed by atoms with E-state index in [0.29, 0.717) is 12.1 Å². The van der Waals surface area contributed by atoms with Gasteiger partial charge in [-0.05, 0) is 25.3 Å². The number of nitrogens with two attached hydrogens (primary N) is 1. The van der Waals surface area contributed by atoms with E-state index in [1.54, 1.807) is 0 Å². The molecule has 0 radical (unpaired) electrons. The Bertz CT molecular complexity index is 161. The van der Waals surface area contributed by atoms with Crippen molar-refractivity contribution in [3.05, 3.63) is 0 Å². The summed E-state index contributed by atoms with van der Waals surface area (Å²) in [6, 6.07) is 2.00. The molecular formula is C10H20N2. The van der Waals surface area contributed by atoms with Crippen LogP contribution >= 0.6 is 0 Å². The molecule has 2 rings (SSSR count). The van der Waals surface area contributed by atoms with Crippen LogP contribution in [0, 0.1) is 5.92 Å². The maximum absolute atomic E-state index is 6.20. The molecule has 12 heavy (non-hydrogen) atoms. The second-order valence-electron chi connectivity index (χ2n) is 4.19. The fourth-order valence-electron chi connectivity index (χ4n) is 3.35. The van der Waals surface area contributed by atoms with Gasteiger partial charge in [-0.1, -0.05) is 20.3 Å². The highest BCUT2D eigenvalue weighted by Gasteiger charge is 2.49. The van der Waals surface area contributed by atoms with E-state index in [1.165, 1.54) is 25.8 Å². The van der Waals surface area contributed by atoms with Crippen LogP contribution in [0.1, 0.15) is 33.1 Å². The van der Waals surface area contributed by atoms with Gasteiger partial charge in [-0.3, -0.25) is 4.90 Å². The monoisotopic (exact) mass is 168 g/mol. The molecule has 2 N–H and O–H groups in total. The quantitative estimate of drug-likeness (QED) is 0.671. The molecule has 0 aliphatic carbocycles. The third-order valence-electron chi connectivity index (χ3n) is 3.88. The smallest absolute Gasteiger partial charge is 0.0254 e. The zero-order valence-electron chi connectivity index (χ0n) is 8.16. The molecule has 0 aromatic rings. The first-order chi connectivity index (χ1) is 5.79. The number of hydrogen-bond acceptors (Lipinski definition) is 2. The van der Waals surface area contributed by atoms with E-state index in [2.05, 4.69) is 18.7 Å². The van der Waals surface area contributed by atoms with Gasteiger partial charge in [0.2, 0.25) is 0 Å². The summed E-state index contributed by atoms with van der Waals surface area (Å²) >= 11 is 0. The summed E-state index contributed by atoms with van der Waals surface area (Å²) < 4.78 is 0. The van der Waals surface area contributed by atoms with Crippen LogP contribution < -0.4 is 5.73 Å². The predicted octanol–water partition coefficient (Wildman–Crippen LogP) is 1.21. The summed E-state index contributed by atoms with van der Waals surface area (Å²) in [5.74, 6) is 0.781. The van der Waals surface area contributed by atoms with Crippen molar-refractivity contribution in [1.29, 1.82) is 0 Å². The second kappa shape index (κ2) is 3.00. The Morgan fingerprint density at radius 2 is 1.92 bits per heavy atom. The van der Waals surface area contributed by atoms with Gasteiger partial charge in [-0.15, -0.1) is 0 Å². The van der Waals surface area contributed by atoms with Gasteiger partial charge in [0.1, 0.15) is 0 Å². The normalized spacial score (nSPS) is 47.2. The van der Waals surface area contributed by atoms with Crippen LogP contribution in [0.4, 0.5) is 0 Å². The topological polar surface area (TPSA) is 29.3 Å². The number of likely N-dealkylation sites (N-methyl/N-ethyl adjacent to an activating group) is 1. The molecule has 2 heteroatoms. The van der Waals surface area contributed by atoms with Gasteiger partial charge in [-0.25, -0.2) is 0 Å². The van der Waals surface area contributed by atoms with Gasteiger partial charge in [-0.2, -0.15) is 0 Å². The zero-order valence-corrected chi connectivity index (χ0v) is 8.16. The van der Waals surface area contributed by atoms with Crippen molar-refractivity contribution in [3.63, 3.8) is 0 Å². The van der Waals surface area contributed by atoms with Crippen molar-refractivity contribution in [2.45, 2.75) is 51.2 Å². The summed E-state index contributed by atoms with van der Waals surface area (Å²) in [5.41, 5.74) is 6.20. The Hall–Kier alpha value is -0.0800. The zero-order chi connectivity index (χ0) is 8.72. The average Bonchev–Trinajstić information content (AvgIpc) is 2.58. The molecule has 0 unspecified atom stereocenters. The molecule has 0 aromatic carbocycles. The predicted molar refractivity (Wildman–Crippen MR) is 50.9 cm³/mol. The fraction of sp³-hybridized carbons (Fsp3) is 1.00. The van der Waals surface area contributed by atoms with E-state index in [-0.39, 0.29) is 0 Å². The van der Waals surface area contributed by atoms with E-state index in [9.17, 15) is 0 Å². The molecule has 0 spiro atoms. The number of hydrogen-bond donors (Lipinski definition) is 1. The largest absolute Gasteiger partial charge is 0.326 e. The first kappa shape index (κ1) is 8.52. The molecule has 70 valence electrons. The van der Waals surface area contributed by atoms with Crippen molar-refractivity contribution >= 4 is 0 Å². The summed E-state index contributed by atoms with van der Waals surface area (Å²) in [6.45, 7) is 5.73. The molecule has 4 atom stereocenters. The SMILES string of the molecule is CC[C@@H]1[C@H](N)[C@H]2CC[C@@H]1N2CC. The minimum absolute atomic E-state index is 0.466. The summed E-state index contributed by atoms with van der Waals surface area (Å²) in [6.07, 6.45) is 4.00. The standard InChI is InChI=1S/C10H20N2/c1-3-7-8-5-6-9(10(7)11)12(8)4-2/h7-10H,3-6,11H2,1-2H3/t7-,8-,9+,10-/m0/s1. The van der Waals surface area contributed by atoms with E-state index in [1.807, 2.05) is 0 Å². The first-order valence-electron chi connectivity index (χ1n) is 5.30. The number of nitrogens with zero attached hydrogens (tertiary/aromatic N) is 1. The summed E-state index contributed by atoms with van der Waals surface area (Å²) in [5, 5.41) is 0. The minimum Gasteiger partial charge on any atom is -0.326 e. The van der Waals surface area contributed by atoms with Crippen LogP contribution in [0.25, 0.3) is 0 Å². The lowest BCUT2D eigenvalue weighted by Crippen LogP contribution is -2.40. The molecule has 2 bridgehead atoms. The van der Waals surface area contributed by atoms with Gasteiger partial charge in [0.05, 0.1) is 0 Å². The second-order valence-corrected chi connectivity index (χ2v) is 4.19. The van der Waals surface area contributed by atoms with Crippen LogP contribution in [-0.4, -0.2) is 29.6 Å². The highest BCUT2D eigenvalue weighted by molar-refractivity contribution is 5.06. The molecule has 0 saturated carbocycles. The Morgan fingerprint density at radius 1 is 1.25 bits per heavy atom. The van der Waals surface area contributed by atoms with Crippen LogP contribution in [0.2, 0.25) is 0 Å². The molecule has 2 nitrogen and oxygen atoms in total. The Balaban J connectivity index is 2.15. The molecule has 0 amide bonds. The average molecular weight is 168 g/mol. The molecule has 2 fully saturated rings. The van der Waals surface area contributed by atoms with E-state index < -0.39 is 0 Å². The van der Waals surface area contributed by atoms with Crippen LogP contribution in [-0.2, 0) is 0 Å². The molecular weight excluding hydrogens is 148 g/mol. The van der Waals surface area contributed by atoms with Crippen molar-refractivity contribution in [2.24, 2.45) is 11.7 Å². The van der Waals surface area contributed by atoms with E-state index in [4.69, 9.17) is 5.73 Å². The highest BCUT2D eigenvalue weighted by atomic mass is 15.3. The van der Waals surface area contributed by atoms with Gasteiger partial charge >= 0.3 is 0 Å². The third kappa shape index (κ3) is 0.944. The van der Waals surface area contributed by atoms with Gasteiger partial charge in [0.25, 0.3) is 0 Å². The highest BCUT2D eigenvalue weighted by Crippen LogP contribution is 2.41. The van der Waals surface area contributed by atoms with Gasteiger partial charge < -0.3 is 5.73 Å². The summed E-state index contributed by atoms with van der Waals surface area (Å²) in [4.78, 5) is 2.62. The summed E-state index contributed by atoms with van der Waals surface area (Å²) in [7, 11) is 0. The van der Waals surface area contributed by atoms with Crippen molar-refractivity contribution in [3.8, 4) is 0 Å². The van der Waals surface area contributed by atoms with Crippen LogP contribution in [0.15, 0.2) is 0 Å². The maximum Gasteiger partial charge on any atom is 0.0254 e. The van der Waals surface area contributed by atoms with Crippen molar-refractivity contribution < 1.29 is 0 Å². The Labute approximate surface area is 75.1 Å². The minimum atomic E-state index is 0.466. The lowest BCUT2D eigenvalue weighted by atomic mass is 9.83. The van der Waals surface area contributed by atoms with Crippen molar-refractivity contribution in [2.75, 3.05) is 6.54 Å². The lowest BCUT2D eigenvalue weighted by Gasteiger charge is -2.24. The van der Waals surface area contributed by atoms with E-state index in [0.717, 1.165) is 12.0 Å². The number of rotatable bonds is 2. The molecule has 0 aromatic heterocycles. The molecule has 2 heterocycles. The van der Waals surface area contributed by atoms with Crippen molar-refractivity contribution in [1.82, 2.24) is 4.90 Å². The lowest BCUT2D eigenvalue weighted by molar-refractivity contribution is 0.247. The number of fused-ring (bicyclic) bond motifs is 2. The Morgan fingerprint density at radius 3 is 2.33 bits per heavy atom. The third-order valence-corrected chi connectivity index (χ3v) is 3.88. The van der Waals surface area contributed by atoms with Crippen LogP contribution in [0.3, 0.4) is 0 Å². The molecule has 2 aliphatic rings. The van der Waals surface area contributed by atoms with Gasteiger partial charge in [0.15, 0.2) is 0 Å². The first-order valence-corrected chi connectivity index (χ1v) is 5.30. The fourth-order valence-corrected chi connectivity index (χ4v) is 3.35. The molecule has 2 saturated heterocycles. The Kier molecular flexibility index (Phi) is 2.13. The maximum atomic E-state index is 6.20. The molecule has 2 aliphatic heterocycles.